The Morgan fingerprint density at radius 2 is 1.75 bits per heavy atom. The minimum absolute atomic E-state index is 0.165. The van der Waals surface area contributed by atoms with Crippen LogP contribution in [0.3, 0.4) is 0 Å². The molecule has 0 radical (unpaired) electrons. The van der Waals surface area contributed by atoms with Crippen LogP contribution in [0.5, 0.6) is 0 Å². The molecule has 0 bridgehead atoms. The number of carbonyl (C=O) groups is 1. The number of benzene rings is 2. The first-order chi connectivity index (χ1) is 15.2. The normalized spacial score (nSPS) is 11.7. The Morgan fingerprint density at radius 3 is 2.44 bits per heavy atom. The summed E-state index contributed by atoms with van der Waals surface area (Å²) in [5.41, 5.74) is 2.74. The molecule has 0 atom stereocenters. The fraction of sp³-hybridized carbons (Fsp3) is 0.136. The second-order valence-electron chi connectivity index (χ2n) is 7.43. The van der Waals surface area contributed by atoms with Gasteiger partial charge in [0.15, 0.2) is 5.65 Å². The van der Waals surface area contributed by atoms with E-state index in [-0.39, 0.29) is 16.5 Å². The van der Waals surface area contributed by atoms with E-state index in [1.165, 1.54) is 12.1 Å². The Kier molecular flexibility index (Phi) is 5.64. The van der Waals surface area contributed by atoms with Crippen LogP contribution >= 0.6 is 0 Å². The van der Waals surface area contributed by atoms with Crippen molar-refractivity contribution in [2.75, 3.05) is 5.32 Å². The molecule has 2 aromatic heterocycles. The third-order valence-corrected chi connectivity index (χ3v) is 6.23. The van der Waals surface area contributed by atoms with Gasteiger partial charge < -0.3 is 10.4 Å². The predicted molar refractivity (Wildman–Crippen MR) is 121 cm³/mol. The van der Waals surface area contributed by atoms with E-state index >= 15 is 0 Å². The quantitative estimate of drug-likeness (QED) is 0.392. The third kappa shape index (κ3) is 4.46. The van der Waals surface area contributed by atoms with E-state index in [4.69, 9.17) is 5.11 Å². The summed E-state index contributed by atoms with van der Waals surface area (Å²) < 4.78 is 29.3. The van der Waals surface area contributed by atoms with E-state index in [9.17, 15) is 13.2 Å². The van der Waals surface area contributed by atoms with Gasteiger partial charge in [0.1, 0.15) is 0 Å². The van der Waals surface area contributed by atoms with Gasteiger partial charge in [-0.3, -0.25) is 0 Å². The van der Waals surface area contributed by atoms with Crippen molar-refractivity contribution in [3.05, 3.63) is 72.3 Å². The Labute approximate surface area is 184 Å². The topological polar surface area (TPSA) is 126 Å². The summed E-state index contributed by atoms with van der Waals surface area (Å²) in [6.45, 7) is 3.53. The average molecular weight is 452 g/mol. The Balaban J connectivity index is 1.69. The molecule has 0 aliphatic heterocycles. The zero-order valence-corrected chi connectivity index (χ0v) is 18.2. The van der Waals surface area contributed by atoms with Gasteiger partial charge in [-0.2, -0.15) is 4.98 Å². The Morgan fingerprint density at radius 1 is 1.03 bits per heavy atom. The molecule has 0 saturated heterocycles. The van der Waals surface area contributed by atoms with Crippen LogP contribution in [0, 0.1) is 0 Å². The summed E-state index contributed by atoms with van der Waals surface area (Å²) in [7, 11) is -3.64. The largest absolute Gasteiger partial charge is 0.478 e. The van der Waals surface area contributed by atoms with Crippen LogP contribution in [0.2, 0.25) is 0 Å². The van der Waals surface area contributed by atoms with Gasteiger partial charge in [-0.15, -0.1) is 5.10 Å². The van der Waals surface area contributed by atoms with Crippen molar-refractivity contribution < 1.29 is 18.3 Å². The minimum Gasteiger partial charge on any atom is -0.478 e. The van der Waals surface area contributed by atoms with Crippen molar-refractivity contribution in [3.63, 3.8) is 0 Å². The second-order valence-corrected chi connectivity index (χ2v) is 9.14. The van der Waals surface area contributed by atoms with Crippen molar-refractivity contribution in [2.45, 2.75) is 24.8 Å². The zero-order valence-electron chi connectivity index (χ0n) is 17.4. The van der Waals surface area contributed by atoms with E-state index < -0.39 is 16.0 Å². The molecule has 4 aromatic rings. The second kappa shape index (κ2) is 8.40. The van der Waals surface area contributed by atoms with Gasteiger partial charge >= 0.3 is 5.97 Å². The molecule has 10 heteroatoms. The SMILES string of the molecule is CC(C)NS(=O)(=O)c1cccc(-c2cccc3nc(Nc4ccc(C(=O)O)cc4)nn23)c1. The molecule has 0 amide bonds. The van der Waals surface area contributed by atoms with Gasteiger partial charge in [0.2, 0.25) is 16.0 Å². The maximum absolute atomic E-state index is 12.6. The van der Waals surface area contributed by atoms with Gasteiger partial charge in [-0.05, 0) is 62.4 Å². The molecule has 0 fully saturated rings. The standard InChI is InChI=1S/C22H21N5O4S/c1-14(2)26-32(30,31)18-6-3-5-16(13-18)19-7-4-8-20-24-22(25-27(19)20)23-17-11-9-15(10-12-17)21(28)29/h3-14,26H,1-2H3,(H,23,25)(H,28,29). The molecule has 0 aliphatic rings. The van der Waals surface area contributed by atoms with Crippen molar-refractivity contribution in [1.82, 2.24) is 19.3 Å². The van der Waals surface area contributed by atoms with E-state index in [2.05, 4.69) is 20.1 Å². The van der Waals surface area contributed by atoms with Gasteiger partial charge in [-0.1, -0.05) is 18.2 Å². The number of carboxylic acids is 1. The van der Waals surface area contributed by atoms with Crippen molar-refractivity contribution >= 4 is 33.3 Å². The van der Waals surface area contributed by atoms with Crippen LogP contribution in [-0.4, -0.2) is 40.1 Å². The molecular weight excluding hydrogens is 430 g/mol. The lowest BCUT2D eigenvalue weighted by atomic mass is 10.1. The summed E-state index contributed by atoms with van der Waals surface area (Å²) in [6.07, 6.45) is 0. The fourth-order valence-corrected chi connectivity index (χ4v) is 4.50. The summed E-state index contributed by atoms with van der Waals surface area (Å²) in [5.74, 6) is -0.675. The van der Waals surface area contributed by atoms with E-state index in [1.807, 2.05) is 18.2 Å². The number of sulfonamides is 1. The van der Waals surface area contributed by atoms with Crippen LogP contribution in [0.4, 0.5) is 11.6 Å². The van der Waals surface area contributed by atoms with Crippen LogP contribution < -0.4 is 10.0 Å². The highest BCUT2D eigenvalue weighted by Gasteiger charge is 2.17. The molecule has 9 nitrogen and oxygen atoms in total. The smallest absolute Gasteiger partial charge is 0.335 e. The third-order valence-electron chi connectivity index (χ3n) is 4.58. The highest BCUT2D eigenvalue weighted by Crippen LogP contribution is 2.24. The minimum atomic E-state index is -3.64. The lowest BCUT2D eigenvalue weighted by Gasteiger charge is -2.11. The molecule has 0 spiro atoms. The molecule has 2 aromatic carbocycles. The first-order valence-electron chi connectivity index (χ1n) is 9.82. The van der Waals surface area contributed by atoms with Crippen LogP contribution in [0.15, 0.2) is 71.6 Å². The molecule has 4 rings (SSSR count). The number of aromatic carboxylic acids is 1. The van der Waals surface area contributed by atoms with Gasteiger partial charge in [0.25, 0.3) is 0 Å². The highest BCUT2D eigenvalue weighted by molar-refractivity contribution is 7.89. The number of fused-ring (bicyclic) bond motifs is 1. The zero-order chi connectivity index (χ0) is 22.9. The van der Waals surface area contributed by atoms with Gasteiger partial charge in [0.05, 0.1) is 16.2 Å². The average Bonchev–Trinajstić information content (AvgIpc) is 3.15. The number of hydrogen-bond donors (Lipinski definition) is 3. The number of nitrogens with one attached hydrogen (secondary N) is 2. The van der Waals surface area contributed by atoms with Gasteiger partial charge in [-0.25, -0.2) is 22.4 Å². The predicted octanol–water partition coefficient (Wildman–Crippen LogP) is 3.52. The molecule has 3 N–H and O–H groups in total. The summed E-state index contributed by atoms with van der Waals surface area (Å²) in [5, 5.41) is 16.6. The number of pyridine rings is 1. The van der Waals surface area contributed by atoms with E-state index in [0.717, 1.165) is 0 Å². The molecule has 164 valence electrons. The first-order valence-corrected chi connectivity index (χ1v) is 11.3. The van der Waals surface area contributed by atoms with Crippen LogP contribution in [0.1, 0.15) is 24.2 Å². The van der Waals surface area contributed by atoms with Crippen molar-refractivity contribution in [3.8, 4) is 11.3 Å². The number of rotatable bonds is 7. The Bertz CT molecular complexity index is 1400. The highest BCUT2D eigenvalue weighted by atomic mass is 32.2. The van der Waals surface area contributed by atoms with E-state index in [1.54, 1.807) is 54.8 Å². The number of anilines is 2. The van der Waals surface area contributed by atoms with Crippen molar-refractivity contribution in [1.29, 1.82) is 0 Å². The Hall–Kier alpha value is -3.76. The van der Waals surface area contributed by atoms with Crippen LogP contribution in [-0.2, 0) is 10.0 Å². The fourth-order valence-electron chi connectivity index (χ4n) is 3.20. The number of nitrogens with zero attached hydrogens (tertiary/aromatic N) is 3. The number of carboxylic acid groups (broad SMARTS) is 1. The maximum Gasteiger partial charge on any atom is 0.335 e. The maximum atomic E-state index is 12.6. The lowest BCUT2D eigenvalue weighted by Crippen LogP contribution is -2.30. The van der Waals surface area contributed by atoms with Crippen molar-refractivity contribution in [2.24, 2.45) is 0 Å². The van der Waals surface area contributed by atoms with Crippen LogP contribution in [0.25, 0.3) is 16.9 Å². The summed E-state index contributed by atoms with van der Waals surface area (Å²) in [6, 6.07) is 18.1. The number of hydrogen-bond acceptors (Lipinski definition) is 6. The van der Waals surface area contributed by atoms with Gasteiger partial charge in [0, 0.05) is 17.3 Å². The molecule has 2 heterocycles. The molecule has 0 aliphatic carbocycles. The van der Waals surface area contributed by atoms with E-state index in [0.29, 0.717) is 28.5 Å². The summed E-state index contributed by atoms with van der Waals surface area (Å²) in [4.78, 5) is 15.6. The lowest BCUT2D eigenvalue weighted by molar-refractivity contribution is 0.0697. The monoisotopic (exact) mass is 451 g/mol. The molecular formula is C22H21N5O4S. The molecule has 0 saturated carbocycles. The molecule has 32 heavy (non-hydrogen) atoms. The first kappa shape index (κ1) is 21.5. The summed E-state index contributed by atoms with van der Waals surface area (Å²) >= 11 is 0. The number of aromatic nitrogens is 3. The molecule has 0 unspecified atom stereocenters.